The van der Waals surface area contributed by atoms with Crippen LogP contribution >= 0.6 is 11.6 Å². The van der Waals surface area contributed by atoms with E-state index < -0.39 is 0 Å². The molecule has 0 radical (unpaired) electrons. The van der Waals surface area contributed by atoms with E-state index in [4.69, 9.17) is 11.6 Å². The van der Waals surface area contributed by atoms with Gasteiger partial charge in [-0.25, -0.2) is 4.98 Å². The largest absolute Gasteiger partial charge is 0.345 e. The van der Waals surface area contributed by atoms with Crippen molar-refractivity contribution in [2.45, 2.75) is 26.4 Å². The van der Waals surface area contributed by atoms with Gasteiger partial charge in [0.15, 0.2) is 0 Å². The average Bonchev–Trinajstić information content (AvgIpc) is 2.91. The van der Waals surface area contributed by atoms with Gasteiger partial charge in [-0.2, -0.15) is 0 Å². The van der Waals surface area contributed by atoms with E-state index in [-0.39, 0.29) is 5.91 Å². The van der Waals surface area contributed by atoms with Crippen LogP contribution in [0.1, 0.15) is 29.5 Å². The number of nitrogens with zero attached hydrogens (tertiary/aromatic N) is 2. The van der Waals surface area contributed by atoms with Crippen molar-refractivity contribution >= 4 is 28.5 Å². The number of fused-ring (bicyclic) bond motifs is 1. The lowest BCUT2D eigenvalue weighted by atomic mass is 10.2. The molecule has 0 saturated heterocycles. The fourth-order valence-electron chi connectivity index (χ4n) is 2.62. The number of imidazole rings is 1. The number of carbonyl (C=O) groups is 1. The van der Waals surface area contributed by atoms with E-state index in [2.05, 4.69) is 27.9 Å². The maximum atomic E-state index is 12.2. The molecule has 0 fully saturated rings. The van der Waals surface area contributed by atoms with Crippen LogP contribution in [0.15, 0.2) is 48.5 Å². The summed E-state index contributed by atoms with van der Waals surface area (Å²) >= 11 is 5.93. The Kier molecular flexibility index (Phi) is 4.63. The number of nitrogens with one attached hydrogen (secondary N) is 1. The van der Waals surface area contributed by atoms with Crippen LogP contribution in [0.2, 0.25) is 5.02 Å². The van der Waals surface area contributed by atoms with Crippen LogP contribution in [0.4, 0.5) is 0 Å². The highest BCUT2D eigenvalue weighted by molar-refractivity contribution is 6.30. The molecule has 0 aliphatic rings. The highest BCUT2D eigenvalue weighted by Gasteiger charge is 2.12. The molecule has 0 aliphatic carbocycles. The van der Waals surface area contributed by atoms with E-state index in [0.29, 0.717) is 17.1 Å². The minimum Gasteiger partial charge on any atom is -0.345 e. The first-order valence-electron chi connectivity index (χ1n) is 7.67. The lowest BCUT2D eigenvalue weighted by Crippen LogP contribution is -2.24. The summed E-state index contributed by atoms with van der Waals surface area (Å²) in [6.07, 6.45) is 1.01. The number of carbonyl (C=O) groups excluding carboxylic acids is 1. The molecule has 5 heteroatoms. The molecule has 0 bridgehead atoms. The molecule has 0 saturated carbocycles. The third kappa shape index (κ3) is 3.37. The Balaban J connectivity index is 1.81. The van der Waals surface area contributed by atoms with Crippen molar-refractivity contribution in [3.8, 4) is 0 Å². The van der Waals surface area contributed by atoms with Gasteiger partial charge in [-0.1, -0.05) is 36.7 Å². The topological polar surface area (TPSA) is 46.9 Å². The van der Waals surface area contributed by atoms with Crippen LogP contribution in [0.5, 0.6) is 0 Å². The maximum absolute atomic E-state index is 12.2. The van der Waals surface area contributed by atoms with Crippen LogP contribution < -0.4 is 5.32 Å². The van der Waals surface area contributed by atoms with Gasteiger partial charge in [0.25, 0.3) is 5.91 Å². The zero-order chi connectivity index (χ0) is 16.2. The molecular formula is C18H18ClN3O. The molecule has 1 heterocycles. The molecular weight excluding hydrogens is 310 g/mol. The summed E-state index contributed by atoms with van der Waals surface area (Å²) in [6, 6.07) is 14.9. The van der Waals surface area contributed by atoms with Gasteiger partial charge in [-0.3, -0.25) is 4.79 Å². The summed E-state index contributed by atoms with van der Waals surface area (Å²) in [4.78, 5) is 16.9. The number of hydrogen-bond acceptors (Lipinski definition) is 2. The second-order valence-electron chi connectivity index (χ2n) is 5.36. The molecule has 2 aromatic carbocycles. The molecule has 4 nitrogen and oxygen atoms in total. The monoisotopic (exact) mass is 327 g/mol. The Hall–Kier alpha value is -2.33. The lowest BCUT2D eigenvalue weighted by Gasteiger charge is -2.09. The van der Waals surface area contributed by atoms with Crippen molar-refractivity contribution in [3.05, 3.63) is 64.9 Å². The second-order valence-corrected chi connectivity index (χ2v) is 5.80. The van der Waals surface area contributed by atoms with Crippen molar-refractivity contribution in [1.82, 2.24) is 14.9 Å². The van der Waals surface area contributed by atoms with E-state index in [0.717, 1.165) is 29.8 Å². The Morgan fingerprint density at radius 1 is 1.22 bits per heavy atom. The summed E-state index contributed by atoms with van der Waals surface area (Å²) < 4.78 is 2.16. The van der Waals surface area contributed by atoms with Crippen LogP contribution in [0, 0.1) is 0 Å². The molecule has 0 spiro atoms. The summed E-state index contributed by atoms with van der Waals surface area (Å²) in [6.45, 7) is 3.39. The Morgan fingerprint density at radius 3 is 2.83 bits per heavy atom. The molecule has 1 aromatic heterocycles. The van der Waals surface area contributed by atoms with Gasteiger partial charge in [0.2, 0.25) is 0 Å². The van der Waals surface area contributed by atoms with Gasteiger partial charge in [0.1, 0.15) is 5.82 Å². The predicted octanol–water partition coefficient (Wildman–Crippen LogP) is 4.03. The van der Waals surface area contributed by atoms with E-state index in [9.17, 15) is 4.79 Å². The summed E-state index contributed by atoms with van der Waals surface area (Å²) in [5, 5.41) is 3.47. The quantitative estimate of drug-likeness (QED) is 0.769. The van der Waals surface area contributed by atoms with Gasteiger partial charge < -0.3 is 9.88 Å². The van der Waals surface area contributed by atoms with E-state index in [1.165, 1.54) is 0 Å². The van der Waals surface area contributed by atoms with Crippen molar-refractivity contribution in [3.63, 3.8) is 0 Å². The molecule has 3 rings (SSSR count). The van der Waals surface area contributed by atoms with Crippen molar-refractivity contribution in [1.29, 1.82) is 0 Å². The Labute approximate surface area is 140 Å². The third-order valence-corrected chi connectivity index (χ3v) is 3.91. The van der Waals surface area contributed by atoms with Crippen molar-refractivity contribution in [2.75, 3.05) is 0 Å². The first-order valence-corrected chi connectivity index (χ1v) is 8.04. The number of aryl methyl sites for hydroxylation is 1. The molecule has 23 heavy (non-hydrogen) atoms. The van der Waals surface area contributed by atoms with Gasteiger partial charge >= 0.3 is 0 Å². The highest BCUT2D eigenvalue weighted by Crippen LogP contribution is 2.17. The fraction of sp³-hybridized carbons (Fsp3) is 0.222. The minimum atomic E-state index is -0.150. The van der Waals surface area contributed by atoms with Crippen molar-refractivity contribution in [2.24, 2.45) is 0 Å². The normalized spacial score (nSPS) is 10.9. The highest BCUT2D eigenvalue weighted by atomic mass is 35.5. The van der Waals surface area contributed by atoms with Gasteiger partial charge in [-0.15, -0.1) is 0 Å². The van der Waals surface area contributed by atoms with Gasteiger partial charge in [-0.05, 0) is 36.8 Å². The first-order chi connectivity index (χ1) is 11.2. The predicted molar refractivity (Wildman–Crippen MR) is 92.6 cm³/mol. The number of rotatable bonds is 5. The Bertz CT molecular complexity index is 841. The lowest BCUT2D eigenvalue weighted by molar-refractivity contribution is 0.0949. The maximum Gasteiger partial charge on any atom is 0.251 e. The first kappa shape index (κ1) is 15.6. The standard InChI is InChI=1S/C18H18ClN3O/c1-2-10-22-16-9-4-3-8-15(16)21-17(22)12-20-18(23)13-6-5-7-14(19)11-13/h3-9,11H,2,10,12H2,1H3,(H,20,23). The smallest absolute Gasteiger partial charge is 0.251 e. The SMILES string of the molecule is CCCn1c(CNC(=O)c2cccc(Cl)c2)nc2ccccc21. The summed E-state index contributed by atoms with van der Waals surface area (Å²) in [5.41, 5.74) is 2.60. The zero-order valence-electron chi connectivity index (χ0n) is 12.9. The number of benzene rings is 2. The zero-order valence-corrected chi connectivity index (χ0v) is 13.7. The molecule has 3 aromatic rings. The molecule has 1 amide bonds. The molecule has 0 aliphatic heterocycles. The van der Waals surface area contributed by atoms with E-state index in [1.54, 1.807) is 24.3 Å². The van der Waals surface area contributed by atoms with Crippen molar-refractivity contribution < 1.29 is 4.79 Å². The Morgan fingerprint density at radius 2 is 2.04 bits per heavy atom. The van der Waals surface area contributed by atoms with Crippen LogP contribution in [-0.2, 0) is 13.1 Å². The number of amides is 1. The average molecular weight is 328 g/mol. The van der Waals surface area contributed by atoms with Crippen LogP contribution in [-0.4, -0.2) is 15.5 Å². The van der Waals surface area contributed by atoms with Gasteiger partial charge in [0, 0.05) is 17.1 Å². The number of hydrogen-bond donors (Lipinski definition) is 1. The summed E-state index contributed by atoms with van der Waals surface area (Å²) in [7, 11) is 0. The summed E-state index contributed by atoms with van der Waals surface area (Å²) in [5.74, 6) is 0.714. The van der Waals surface area contributed by atoms with Gasteiger partial charge in [0.05, 0.1) is 17.6 Å². The van der Waals surface area contributed by atoms with Crippen LogP contribution in [0.3, 0.4) is 0 Å². The number of halogens is 1. The molecule has 0 unspecified atom stereocenters. The van der Waals surface area contributed by atoms with E-state index in [1.807, 2.05) is 18.2 Å². The number of aromatic nitrogens is 2. The molecule has 0 atom stereocenters. The molecule has 1 N–H and O–H groups in total. The molecule has 118 valence electrons. The van der Waals surface area contributed by atoms with E-state index >= 15 is 0 Å². The second kappa shape index (κ2) is 6.84. The number of para-hydroxylation sites is 2. The fourth-order valence-corrected chi connectivity index (χ4v) is 2.81. The van der Waals surface area contributed by atoms with Crippen LogP contribution in [0.25, 0.3) is 11.0 Å². The third-order valence-electron chi connectivity index (χ3n) is 3.67. The minimum absolute atomic E-state index is 0.150.